The Balaban J connectivity index is 2.20. The molecule has 0 aliphatic rings. The predicted molar refractivity (Wildman–Crippen MR) is 80.1 cm³/mol. The van der Waals surface area contributed by atoms with E-state index in [4.69, 9.17) is 4.98 Å². The van der Waals surface area contributed by atoms with Crippen molar-refractivity contribution >= 4 is 38.6 Å². The van der Waals surface area contributed by atoms with Gasteiger partial charge in [-0.25, -0.2) is 4.98 Å². The van der Waals surface area contributed by atoms with Gasteiger partial charge in [0.05, 0.1) is 19.4 Å². The summed E-state index contributed by atoms with van der Waals surface area (Å²) in [6, 6.07) is 4.19. The van der Waals surface area contributed by atoms with Gasteiger partial charge in [-0.15, -0.1) is 22.7 Å². The fourth-order valence-corrected chi connectivity index (χ4v) is 4.12. The van der Waals surface area contributed by atoms with Gasteiger partial charge in [-0.05, 0) is 41.5 Å². The molecule has 0 amide bonds. The van der Waals surface area contributed by atoms with E-state index < -0.39 is 0 Å². The zero-order valence-electron chi connectivity index (χ0n) is 9.87. The van der Waals surface area contributed by atoms with E-state index in [1.165, 1.54) is 9.88 Å². The van der Waals surface area contributed by atoms with Gasteiger partial charge in [0, 0.05) is 17.8 Å². The second kappa shape index (κ2) is 6.09. The molecule has 1 atom stereocenters. The topological polar surface area (TPSA) is 24.9 Å². The normalized spacial score (nSPS) is 12.9. The number of halogens is 1. The van der Waals surface area contributed by atoms with Gasteiger partial charge in [-0.3, -0.25) is 0 Å². The highest BCUT2D eigenvalue weighted by molar-refractivity contribution is 9.11. The summed E-state index contributed by atoms with van der Waals surface area (Å²) in [5, 5.41) is 6.63. The van der Waals surface area contributed by atoms with Crippen molar-refractivity contribution in [1.29, 1.82) is 0 Å². The quantitative estimate of drug-likeness (QED) is 0.881. The molecule has 0 bridgehead atoms. The third-order valence-corrected chi connectivity index (χ3v) is 5.29. The lowest BCUT2D eigenvalue weighted by Crippen LogP contribution is -2.16. The molecule has 2 rings (SSSR count). The smallest absolute Gasteiger partial charge is 0.0976 e. The second-order valence-electron chi connectivity index (χ2n) is 3.84. The highest BCUT2D eigenvalue weighted by atomic mass is 79.9. The lowest BCUT2D eigenvalue weighted by Gasteiger charge is -2.10. The van der Waals surface area contributed by atoms with Gasteiger partial charge in [-0.1, -0.05) is 6.92 Å². The molecule has 0 aliphatic carbocycles. The Bertz CT molecular complexity index is 478. The molecule has 0 radical (unpaired) electrons. The van der Waals surface area contributed by atoms with E-state index in [1.54, 1.807) is 22.7 Å². The van der Waals surface area contributed by atoms with E-state index in [1.807, 2.05) is 7.05 Å². The van der Waals surface area contributed by atoms with Crippen LogP contribution in [-0.2, 0) is 0 Å². The molecule has 2 nitrogen and oxygen atoms in total. The maximum absolute atomic E-state index is 4.75. The fraction of sp³-hybridized carbons (Fsp3) is 0.417. The molecule has 0 aromatic carbocycles. The van der Waals surface area contributed by atoms with Crippen LogP contribution in [0.25, 0.3) is 10.6 Å². The second-order valence-corrected chi connectivity index (χ2v) is 7.19. The average molecular weight is 331 g/mol. The molecule has 5 heteroatoms. The summed E-state index contributed by atoms with van der Waals surface area (Å²) in [5.74, 6) is 0.530. The van der Waals surface area contributed by atoms with Crippen LogP contribution in [0.3, 0.4) is 0 Å². The average Bonchev–Trinajstić information content (AvgIpc) is 2.94. The van der Waals surface area contributed by atoms with Gasteiger partial charge in [0.25, 0.3) is 0 Å². The van der Waals surface area contributed by atoms with E-state index in [0.29, 0.717) is 5.92 Å². The number of nitrogens with one attached hydrogen (secondary N) is 1. The van der Waals surface area contributed by atoms with E-state index in [2.05, 4.69) is 45.7 Å². The molecule has 92 valence electrons. The Kier molecular flexibility index (Phi) is 4.73. The number of thiophene rings is 1. The first-order valence-electron chi connectivity index (χ1n) is 5.60. The molecule has 0 saturated carbocycles. The minimum Gasteiger partial charge on any atom is -0.319 e. The fourth-order valence-electron chi connectivity index (χ4n) is 1.69. The molecule has 2 heterocycles. The first kappa shape index (κ1) is 13.2. The van der Waals surface area contributed by atoms with Crippen molar-refractivity contribution in [2.75, 3.05) is 13.6 Å². The maximum Gasteiger partial charge on any atom is 0.0976 e. The minimum absolute atomic E-state index is 0.530. The maximum atomic E-state index is 4.75. The van der Waals surface area contributed by atoms with Crippen LogP contribution in [0.2, 0.25) is 0 Å². The van der Waals surface area contributed by atoms with Crippen molar-refractivity contribution in [2.24, 2.45) is 0 Å². The molecule has 1 unspecified atom stereocenters. The number of nitrogens with zero attached hydrogens (tertiary/aromatic N) is 1. The Morgan fingerprint density at radius 2 is 2.29 bits per heavy atom. The first-order valence-corrected chi connectivity index (χ1v) is 8.09. The van der Waals surface area contributed by atoms with Crippen LogP contribution >= 0.6 is 38.6 Å². The highest BCUT2D eigenvalue weighted by Gasteiger charge is 2.14. The van der Waals surface area contributed by atoms with Crippen molar-refractivity contribution in [2.45, 2.75) is 19.3 Å². The first-order chi connectivity index (χ1) is 8.24. The summed E-state index contributed by atoms with van der Waals surface area (Å²) < 4.78 is 1.16. The monoisotopic (exact) mass is 330 g/mol. The van der Waals surface area contributed by atoms with Gasteiger partial charge >= 0.3 is 0 Å². The summed E-state index contributed by atoms with van der Waals surface area (Å²) in [6.07, 6.45) is 1.13. The number of aromatic nitrogens is 1. The Morgan fingerprint density at radius 1 is 1.47 bits per heavy atom. The molecule has 0 fully saturated rings. The third kappa shape index (κ3) is 3.16. The van der Waals surface area contributed by atoms with Crippen molar-refractivity contribution in [1.82, 2.24) is 10.3 Å². The SMILES string of the molecule is CCC(CNC)c1nc(-c2ccc(Br)s2)cs1. The van der Waals surface area contributed by atoms with Crippen molar-refractivity contribution in [3.05, 3.63) is 26.3 Å². The standard InChI is InChI=1S/C12H15BrN2S2/c1-3-8(6-14-2)12-15-9(7-16-12)10-4-5-11(13)17-10/h4-5,7-8,14H,3,6H2,1-2H3. The van der Waals surface area contributed by atoms with Crippen LogP contribution in [0.5, 0.6) is 0 Å². The van der Waals surface area contributed by atoms with Gasteiger partial charge in [0.15, 0.2) is 0 Å². The Hall–Kier alpha value is -0.230. The van der Waals surface area contributed by atoms with E-state index in [9.17, 15) is 0 Å². The molecule has 0 saturated heterocycles. The van der Waals surface area contributed by atoms with Crippen LogP contribution in [0.1, 0.15) is 24.3 Å². The Labute approximate surface area is 118 Å². The number of hydrogen-bond donors (Lipinski definition) is 1. The summed E-state index contributed by atoms with van der Waals surface area (Å²) in [6.45, 7) is 3.21. The number of rotatable bonds is 5. The number of thiazole rings is 1. The minimum atomic E-state index is 0.530. The molecule has 0 spiro atoms. The summed E-state index contributed by atoms with van der Waals surface area (Å²) in [7, 11) is 1.99. The molecular weight excluding hydrogens is 316 g/mol. The van der Waals surface area contributed by atoms with Crippen LogP contribution in [-0.4, -0.2) is 18.6 Å². The molecular formula is C12H15BrN2S2. The van der Waals surface area contributed by atoms with E-state index >= 15 is 0 Å². The van der Waals surface area contributed by atoms with Crippen LogP contribution in [0.15, 0.2) is 21.3 Å². The molecule has 17 heavy (non-hydrogen) atoms. The largest absolute Gasteiger partial charge is 0.319 e. The van der Waals surface area contributed by atoms with Crippen LogP contribution in [0, 0.1) is 0 Å². The van der Waals surface area contributed by atoms with Gasteiger partial charge in [0.2, 0.25) is 0 Å². The van der Waals surface area contributed by atoms with Gasteiger partial charge in [0.1, 0.15) is 0 Å². The molecule has 2 aromatic rings. The Morgan fingerprint density at radius 3 is 2.88 bits per heavy atom. The van der Waals surface area contributed by atoms with E-state index in [-0.39, 0.29) is 0 Å². The van der Waals surface area contributed by atoms with Crippen LogP contribution in [0.4, 0.5) is 0 Å². The molecule has 1 N–H and O–H groups in total. The summed E-state index contributed by atoms with van der Waals surface area (Å²) >= 11 is 6.99. The summed E-state index contributed by atoms with van der Waals surface area (Å²) in [4.78, 5) is 5.99. The lowest BCUT2D eigenvalue weighted by atomic mass is 10.1. The molecule has 2 aromatic heterocycles. The molecule has 0 aliphatic heterocycles. The zero-order chi connectivity index (χ0) is 12.3. The van der Waals surface area contributed by atoms with Crippen molar-refractivity contribution in [3.8, 4) is 10.6 Å². The number of hydrogen-bond acceptors (Lipinski definition) is 4. The number of likely N-dealkylation sites (N-methyl/N-ethyl adjacent to an activating group) is 1. The van der Waals surface area contributed by atoms with Crippen LogP contribution < -0.4 is 5.32 Å². The van der Waals surface area contributed by atoms with Gasteiger partial charge < -0.3 is 5.32 Å². The van der Waals surface area contributed by atoms with Crippen molar-refractivity contribution < 1.29 is 0 Å². The summed E-state index contributed by atoms with van der Waals surface area (Å²) in [5.41, 5.74) is 1.11. The lowest BCUT2D eigenvalue weighted by molar-refractivity contribution is 0.609. The predicted octanol–water partition coefficient (Wildman–Crippen LogP) is 4.35. The van der Waals surface area contributed by atoms with Crippen molar-refractivity contribution in [3.63, 3.8) is 0 Å². The van der Waals surface area contributed by atoms with E-state index in [0.717, 1.165) is 22.4 Å². The third-order valence-electron chi connectivity index (χ3n) is 2.64. The van der Waals surface area contributed by atoms with Gasteiger partial charge in [-0.2, -0.15) is 0 Å². The zero-order valence-corrected chi connectivity index (χ0v) is 13.1. The highest BCUT2D eigenvalue weighted by Crippen LogP contribution is 2.33.